The molecule has 5 rings (SSSR count). The number of hydrogen-bond donors (Lipinski definition) is 0. The summed E-state index contributed by atoms with van der Waals surface area (Å²) in [5.74, 6) is 1.77. The molecule has 0 radical (unpaired) electrons. The molecule has 1 aromatic carbocycles. The number of benzene rings is 1. The minimum Gasteiger partial charge on any atom is -0.425 e. The van der Waals surface area contributed by atoms with Crippen LogP contribution >= 0.6 is 27.5 Å². The summed E-state index contributed by atoms with van der Waals surface area (Å²) in [7, 11) is 0. The van der Waals surface area contributed by atoms with E-state index in [0.717, 1.165) is 24.8 Å². The van der Waals surface area contributed by atoms with Crippen LogP contribution in [0.3, 0.4) is 0 Å². The number of carbonyl (C=O) groups excluding carboxylic acids is 1. The smallest absolute Gasteiger partial charge is 0.317 e. The molecule has 22 heavy (non-hydrogen) atoms. The Bertz CT molecular complexity index is 628. The van der Waals surface area contributed by atoms with Crippen molar-refractivity contribution in [1.29, 1.82) is 0 Å². The summed E-state index contributed by atoms with van der Waals surface area (Å²) in [5, 5.41) is 0.511. The molecule has 2 unspecified atom stereocenters. The van der Waals surface area contributed by atoms with Crippen molar-refractivity contribution in [2.45, 2.75) is 49.8 Å². The van der Waals surface area contributed by atoms with Gasteiger partial charge in [-0.25, -0.2) is 0 Å². The third-order valence-electron chi connectivity index (χ3n) is 5.71. The van der Waals surface area contributed by atoms with Crippen LogP contribution in [0, 0.1) is 24.2 Å². The van der Waals surface area contributed by atoms with Gasteiger partial charge < -0.3 is 4.74 Å². The lowest BCUT2D eigenvalue weighted by Crippen LogP contribution is -2.56. The number of aryl methyl sites for hydroxylation is 1. The lowest BCUT2D eigenvalue weighted by atomic mass is 9.49. The molecular weight excluding hydrogens is 364 g/mol. The molecular formula is C18H20BrClO2. The Labute approximate surface area is 144 Å². The van der Waals surface area contributed by atoms with Gasteiger partial charge in [-0.1, -0.05) is 33.6 Å². The van der Waals surface area contributed by atoms with Crippen LogP contribution in [0.25, 0.3) is 0 Å². The summed E-state index contributed by atoms with van der Waals surface area (Å²) in [6, 6.07) is 5.58. The third kappa shape index (κ3) is 2.41. The molecule has 0 aliphatic heterocycles. The third-order valence-corrected chi connectivity index (χ3v) is 6.95. The fourth-order valence-corrected chi connectivity index (χ4v) is 6.89. The van der Waals surface area contributed by atoms with Gasteiger partial charge in [0, 0.05) is 4.32 Å². The minimum atomic E-state index is -0.305. The second-order valence-corrected chi connectivity index (χ2v) is 9.81. The number of halogens is 2. The second kappa shape index (κ2) is 4.98. The first-order valence-electron chi connectivity index (χ1n) is 8.05. The van der Waals surface area contributed by atoms with Crippen molar-refractivity contribution >= 4 is 33.5 Å². The molecule has 0 heterocycles. The highest BCUT2D eigenvalue weighted by Crippen LogP contribution is 2.64. The van der Waals surface area contributed by atoms with Crippen LogP contribution in [0.1, 0.15) is 44.1 Å². The van der Waals surface area contributed by atoms with Gasteiger partial charge in [0.05, 0.1) is 10.4 Å². The van der Waals surface area contributed by atoms with E-state index >= 15 is 0 Å². The van der Waals surface area contributed by atoms with Gasteiger partial charge in [0.25, 0.3) is 0 Å². The molecule has 0 N–H and O–H groups in total. The lowest BCUT2D eigenvalue weighted by Gasteiger charge is -2.58. The van der Waals surface area contributed by atoms with Crippen molar-refractivity contribution in [1.82, 2.24) is 0 Å². The topological polar surface area (TPSA) is 26.3 Å². The molecule has 2 nitrogen and oxygen atoms in total. The summed E-state index contributed by atoms with van der Waals surface area (Å²) in [4.78, 5) is 13.0. The Morgan fingerprint density at radius 3 is 2.59 bits per heavy atom. The monoisotopic (exact) mass is 382 g/mol. The predicted octanol–water partition coefficient (Wildman–Crippen LogP) is 5.29. The Hall–Kier alpha value is -0.540. The van der Waals surface area contributed by atoms with E-state index in [-0.39, 0.29) is 15.7 Å². The quantitative estimate of drug-likeness (QED) is 0.394. The van der Waals surface area contributed by atoms with Crippen LogP contribution in [0.5, 0.6) is 5.75 Å². The Kier molecular flexibility index (Phi) is 3.40. The molecule has 0 amide bonds. The molecule has 0 saturated heterocycles. The summed E-state index contributed by atoms with van der Waals surface area (Å²) in [6.07, 6.45) is 6.59. The van der Waals surface area contributed by atoms with Crippen molar-refractivity contribution in [3.8, 4) is 5.75 Å². The van der Waals surface area contributed by atoms with E-state index in [0.29, 0.717) is 22.6 Å². The fourth-order valence-electron chi connectivity index (χ4n) is 5.29. The highest BCUT2D eigenvalue weighted by molar-refractivity contribution is 9.10. The molecule has 4 fully saturated rings. The maximum absolute atomic E-state index is 13.0. The zero-order chi connectivity index (χ0) is 15.5. The van der Waals surface area contributed by atoms with E-state index in [1.54, 1.807) is 6.07 Å². The van der Waals surface area contributed by atoms with Crippen molar-refractivity contribution < 1.29 is 9.53 Å². The number of rotatable bonds is 2. The Morgan fingerprint density at radius 2 is 1.95 bits per heavy atom. The van der Waals surface area contributed by atoms with Crippen LogP contribution in [0.15, 0.2) is 18.2 Å². The summed E-state index contributed by atoms with van der Waals surface area (Å²) >= 11 is 10.1. The van der Waals surface area contributed by atoms with Gasteiger partial charge in [0.15, 0.2) is 0 Å². The van der Waals surface area contributed by atoms with Crippen molar-refractivity contribution in [2.75, 3.05) is 0 Å². The van der Waals surface area contributed by atoms with Gasteiger partial charge in [-0.2, -0.15) is 0 Å². The Balaban J connectivity index is 1.61. The number of ether oxygens (including phenoxy) is 1. The maximum atomic E-state index is 13.0. The number of esters is 1. The fraction of sp³-hybridized carbons (Fsp3) is 0.611. The first-order chi connectivity index (χ1) is 10.4. The van der Waals surface area contributed by atoms with E-state index in [9.17, 15) is 4.79 Å². The van der Waals surface area contributed by atoms with Crippen LogP contribution in [-0.2, 0) is 4.79 Å². The number of alkyl halides is 1. The molecule has 0 spiro atoms. The van der Waals surface area contributed by atoms with Crippen molar-refractivity contribution in [2.24, 2.45) is 17.3 Å². The summed E-state index contributed by atoms with van der Waals surface area (Å²) in [6.45, 7) is 1.98. The SMILES string of the molecule is Cc1ccc(Cl)c(OC(=O)C23C[C@@H]4C[C@@H](CC(Br)(C4)C2)C3)c1. The van der Waals surface area contributed by atoms with Gasteiger partial charge in [0.1, 0.15) is 5.75 Å². The van der Waals surface area contributed by atoms with Crippen molar-refractivity contribution in [3.05, 3.63) is 28.8 Å². The van der Waals surface area contributed by atoms with Crippen LogP contribution in [0.2, 0.25) is 5.02 Å². The van der Waals surface area contributed by atoms with E-state index in [1.807, 2.05) is 19.1 Å². The second-order valence-electron chi connectivity index (χ2n) is 7.72. The van der Waals surface area contributed by atoms with E-state index in [4.69, 9.17) is 16.3 Å². The minimum absolute atomic E-state index is 0.0714. The molecule has 4 bridgehead atoms. The summed E-state index contributed by atoms with van der Waals surface area (Å²) < 4.78 is 5.92. The molecule has 4 saturated carbocycles. The molecule has 4 aliphatic carbocycles. The molecule has 4 aliphatic rings. The Morgan fingerprint density at radius 1 is 1.27 bits per heavy atom. The zero-order valence-electron chi connectivity index (χ0n) is 12.7. The lowest BCUT2D eigenvalue weighted by molar-refractivity contribution is -0.159. The molecule has 0 aromatic heterocycles. The van der Waals surface area contributed by atoms with Crippen LogP contribution in [0.4, 0.5) is 0 Å². The maximum Gasteiger partial charge on any atom is 0.317 e. The molecule has 118 valence electrons. The highest BCUT2D eigenvalue weighted by atomic mass is 79.9. The van der Waals surface area contributed by atoms with Gasteiger partial charge in [-0.05, 0) is 75.0 Å². The van der Waals surface area contributed by atoms with E-state index in [2.05, 4.69) is 15.9 Å². The molecule has 4 atom stereocenters. The molecule has 1 aromatic rings. The first-order valence-corrected chi connectivity index (χ1v) is 9.22. The first kappa shape index (κ1) is 15.0. The van der Waals surface area contributed by atoms with Crippen molar-refractivity contribution in [3.63, 3.8) is 0 Å². The normalized spacial score (nSPS) is 39.0. The largest absolute Gasteiger partial charge is 0.425 e. The summed E-state index contributed by atoms with van der Waals surface area (Å²) in [5.41, 5.74) is 0.746. The zero-order valence-corrected chi connectivity index (χ0v) is 15.0. The van der Waals surface area contributed by atoms with Gasteiger partial charge >= 0.3 is 5.97 Å². The van der Waals surface area contributed by atoms with E-state index in [1.165, 1.54) is 19.3 Å². The van der Waals surface area contributed by atoms with Gasteiger partial charge in [-0.3, -0.25) is 4.79 Å². The molecule has 4 heteroatoms. The standard InChI is InChI=1S/C18H20BrClO2/c1-11-2-3-14(20)15(4-11)22-16(21)17-6-12-5-13(7-17)9-18(19,8-12)10-17/h2-4,12-13H,5-10H2,1H3/t12-,13+,17?,18?. The number of hydrogen-bond acceptors (Lipinski definition) is 2. The van der Waals surface area contributed by atoms with Gasteiger partial charge in [0.2, 0.25) is 0 Å². The van der Waals surface area contributed by atoms with Crippen LogP contribution < -0.4 is 4.74 Å². The van der Waals surface area contributed by atoms with Gasteiger partial charge in [-0.15, -0.1) is 0 Å². The average molecular weight is 384 g/mol. The predicted molar refractivity (Wildman–Crippen MR) is 90.6 cm³/mol. The van der Waals surface area contributed by atoms with Crippen LogP contribution in [-0.4, -0.2) is 10.3 Å². The number of carbonyl (C=O) groups is 1. The van der Waals surface area contributed by atoms with E-state index < -0.39 is 0 Å². The average Bonchev–Trinajstić information content (AvgIpc) is 2.40. The highest BCUT2D eigenvalue weighted by Gasteiger charge is 2.60.